The van der Waals surface area contributed by atoms with Crippen molar-refractivity contribution in [1.82, 2.24) is 0 Å². The zero-order valence-corrected chi connectivity index (χ0v) is 10.1. The number of nitrogens with two attached hydrogens (primary N) is 1. The molecule has 0 unspecified atom stereocenters. The smallest absolute Gasteiger partial charge is 0.185 e. The number of carbonyl (C=O) groups is 1. The van der Waals surface area contributed by atoms with Gasteiger partial charge in [0.25, 0.3) is 0 Å². The molecule has 0 aliphatic heterocycles. The maximum Gasteiger partial charge on any atom is 0.185 e. The first-order valence-electron chi connectivity index (χ1n) is 5.66. The predicted molar refractivity (Wildman–Crippen MR) is 74.0 cm³/mol. The highest BCUT2D eigenvalue weighted by Crippen LogP contribution is 2.25. The molecule has 0 aromatic heterocycles. The largest absolute Gasteiger partial charge is 0.504 e. The second kappa shape index (κ2) is 5.27. The molecule has 0 fully saturated rings. The topological polar surface area (TPSA) is 83.6 Å². The quantitative estimate of drug-likeness (QED) is 0.340. The van der Waals surface area contributed by atoms with E-state index >= 15 is 0 Å². The first-order chi connectivity index (χ1) is 9.06. The number of benzene rings is 2. The lowest BCUT2D eigenvalue weighted by Gasteiger charge is -1.99. The summed E-state index contributed by atoms with van der Waals surface area (Å²) in [6.45, 7) is 0. The third-order valence-corrected chi connectivity index (χ3v) is 2.60. The highest BCUT2D eigenvalue weighted by molar-refractivity contribution is 6.07. The average molecular weight is 255 g/mol. The van der Waals surface area contributed by atoms with Gasteiger partial charge in [-0.25, -0.2) is 0 Å². The Morgan fingerprint density at radius 2 is 1.84 bits per heavy atom. The third-order valence-electron chi connectivity index (χ3n) is 2.60. The number of aromatic hydroxyl groups is 2. The van der Waals surface area contributed by atoms with Crippen molar-refractivity contribution in [2.45, 2.75) is 0 Å². The lowest BCUT2D eigenvalue weighted by molar-refractivity contribution is 0.104. The van der Waals surface area contributed by atoms with Gasteiger partial charge in [-0.1, -0.05) is 24.3 Å². The van der Waals surface area contributed by atoms with E-state index in [-0.39, 0.29) is 17.3 Å². The normalized spacial score (nSPS) is 10.7. The zero-order chi connectivity index (χ0) is 13.8. The van der Waals surface area contributed by atoms with Crippen LogP contribution in [0.2, 0.25) is 0 Å². The van der Waals surface area contributed by atoms with Crippen molar-refractivity contribution in [2.75, 3.05) is 5.73 Å². The van der Waals surface area contributed by atoms with Crippen LogP contribution in [-0.4, -0.2) is 16.0 Å². The van der Waals surface area contributed by atoms with Crippen molar-refractivity contribution >= 4 is 17.5 Å². The SMILES string of the molecule is Nc1cccc(C(=O)/C=C/c2ccc(O)c(O)c2)c1. The van der Waals surface area contributed by atoms with Crippen LogP contribution in [0.15, 0.2) is 48.5 Å². The maximum atomic E-state index is 11.9. The second-order valence-corrected chi connectivity index (χ2v) is 4.07. The van der Waals surface area contributed by atoms with Crippen molar-refractivity contribution in [3.05, 3.63) is 59.7 Å². The van der Waals surface area contributed by atoms with Crippen LogP contribution in [0.25, 0.3) is 6.08 Å². The van der Waals surface area contributed by atoms with E-state index in [2.05, 4.69) is 0 Å². The number of phenolic OH excluding ortho intramolecular Hbond substituents is 2. The number of ketones is 1. The number of hydrogen-bond acceptors (Lipinski definition) is 4. The van der Waals surface area contributed by atoms with Gasteiger partial charge in [0, 0.05) is 11.3 Å². The predicted octanol–water partition coefficient (Wildman–Crippen LogP) is 2.58. The summed E-state index contributed by atoms with van der Waals surface area (Å²) >= 11 is 0. The summed E-state index contributed by atoms with van der Waals surface area (Å²) in [6, 6.07) is 11.0. The molecule has 2 rings (SSSR count). The molecule has 0 atom stereocenters. The summed E-state index contributed by atoms with van der Waals surface area (Å²) in [5, 5.41) is 18.5. The van der Waals surface area contributed by atoms with Gasteiger partial charge in [0.1, 0.15) is 0 Å². The first kappa shape index (κ1) is 12.7. The molecule has 0 saturated carbocycles. The summed E-state index contributed by atoms with van der Waals surface area (Å²) in [5.41, 5.74) is 7.25. The maximum absolute atomic E-state index is 11.9. The number of carbonyl (C=O) groups excluding carboxylic acids is 1. The van der Waals surface area contributed by atoms with E-state index in [1.165, 1.54) is 18.2 Å². The van der Waals surface area contributed by atoms with E-state index in [0.29, 0.717) is 16.8 Å². The Morgan fingerprint density at radius 3 is 2.53 bits per heavy atom. The molecule has 4 heteroatoms. The molecule has 0 amide bonds. The Kier molecular flexibility index (Phi) is 3.52. The summed E-state index contributed by atoms with van der Waals surface area (Å²) in [5.74, 6) is -0.599. The van der Waals surface area contributed by atoms with Gasteiger partial charge in [0.05, 0.1) is 0 Å². The van der Waals surface area contributed by atoms with Gasteiger partial charge in [-0.05, 0) is 35.9 Å². The van der Waals surface area contributed by atoms with Crippen molar-refractivity contribution in [2.24, 2.45) is 0 Å². The monoisotopic (exact) mass is 255 g/mol. The third kappa shape index (κ3) is 3.13. The number of nitrogen functional groups attached to an aromatic ring is 1. The Bertz CT molecular complexity index is 648. The molecule has 4 nitrogen and oxygen atoms in total. The molecule has 96 valence electrons. The van der Waals surface area contributed by atoms with Crippen molar-refractivity contribution in [3.8, 4) is 11.5 Å². The van der Waals surface area contributed by atoms with Crippen LogP contribution in [0, 0.1) is 0 Å². The Hall–Kier alpha value is -2.75. The molecule has 0 spiro atoms. The van der Waals surface area contributed by atoms with Crippen molar-refractivity contribution in [3.63, 3.8) is 0 Å². The van der Waals surface area contributed by atoms with E-state index in [1.54, 1.807) is 36.4 Å². The Morgan fingerprint density at radius 1 is 1.05 bits per heavy atom. The minimum atomic E-state index is -0.224. The highest BCUT2D eigenvalue weighted by Gasteiger charge is 2.02. The van der Waals surface area contributed by atoms with Gasteiger partial charge in [-0.3, -0.25) is 4.79 Å². The van der Waals surface area contributed by atoms with Crippen LogP contribution in [0.5, 0.6) is 11.5 Å². The number of rotatable bonds is 3. The molecule has 2 aromatic carbocycles. The first-order valence-corrected chi connectivity index (χ1v) is 5.66. The lowest BCUT2D eigenvalue weighted by atomic mass is 10.1. The van der Waals surface area contributed by atoms with E-state index in [1.807, 2.05) is 0 Å². The summed E-state index contributed by atoms with van der Waals surface area (Å²) in [7, 11) is 0. The van der Waals surface area contributed by atoms with Crippen LogP contribution in [0.4, 0.5) is 5.69 Å². The Balaban J connectivity index is 2.18. The summed E-state index contributed by atoms with van der Waals surface area (Å²) in [4.78, 5) is 11.9. The molecular weight excluding hydrogens is 242 g/mol. The Labute approximate surface area is 110 Å². The molecule has 4 N–H and O–H groups in total. The van der Waals surface area contributed by atoms with E-state index in [9.17, 15) is 15.0 Å². The number of hydrogen-bond donors (Lipinski definition) is 3. The number of anilines is 1. The van der Waals surface area contributed by atoms with Crippen LogP contribution in [0.3, 0.4) is 0 Å². The minimum absolute atomic E-state index is 0.181. The molecule has 0 saturated heterocycles. The van der Waals surface area contributed by atoms with Gasteiger partial charge < -0.3 is 15.9 Å². The van der Waals surface area contributed by atoms with Crippen LogP contribution >= 0.6 is 0 Å². The van der Waals surface area contributed by atoms with Gasteiger partial charge >= 0.3 is 0 Å². The molecular formula is C15H13NO3. The molecule has 2 aromatic rings. The minimum Gasteiger partial charge on any atom is -0.504 e. The fraction of sp³-hybridized carbons (Fsp3) is 0. The van der Waals surface area contributed by atoms with Gasteiger partial charge in [0.2, 0.25) is 0 Å². The lowest BCUT2D eigenvalue weighted by Crippen LogP contribution is -1.95. The van der Waals surface area contributed by atoms with Crippen molar-refractivity contribution < 1.29 is 15.0 Å². The molecule has 0 heterocycles. The molecule has 0 radical (unpaired) electrons. The average Bonchev–Trinajstić information content (AvgIpc) is 2.40. The zero-order valence-electron chi connectivity index (χ0n) is 10.1. The standard InChI is InChI=1S/C15H13NO3/c16-12-3-1-2-11(9-12)13(17)6-4-10-5-7-14(18)15(19)8-10/h1-9,18-19H,16H2/b6-4+. The highest BCUT2D eigenvalue weighted by atomic mass is 16.3. The van der Waals surface area contributed by atoms with Crippen LogP contribution in [-0.2, 0) is 0 Å². The van der Waals surface area contributed by atoms with Gasteiger partial charge in [-0.15, -0.1) is 0 Å². The molecule has 0 bridgehead atoms. The molecule has 19 heavy (non-hydrogen) atoms. The van der Waals surface area contributed by atoms with Crippen LogP contribution in [0.1, 0.15) is 15.9 Å². The second-order valence-electron chi connectivity index (χ2n) is 4.07. The summed E-state index contributed by atoms with van der Waals surface area (Å²) < 4.78 is 0. The van der Waals surface area contributed by atoms with Gasteiger partial charge in [-0.2, -0.15) is 0 Å². The van der Waals surface area contributed by atoms with E-state index < -0.39 is 0 Å². The number of allylic oxidation sites excluding steroid dienone is 1. The van der Waals surface area contributed by atoms with Crippen molar-refractivity contribution in [1.29, 1.82) is 0 Å². The van der Waals surface area contributed by atoms with Gasteiger partial charge in [0.15, 0.2) is 17.3 Å². The fourth-order valence-electron chi connectivity index (χ4n) is 1.60. The number of phenols is 2. The van der Waals surface area contributed by atoms with E-state index in [0.717, 1.165) is 0 Å². The van der Waals surface area contributed by atoms with Crippen LogP contribution < -0.4 is 5.73 Å². The van der Waals surface area contributed by atoms with E-state index in [4.69, 9.17) is 5.73 Å². The molecule has 0 aliphatic carbocycles. The molecule has 0 aliphatic rings. The summed E-state index contributed by atoms with van der Waals surface area (Å²) in [6.07, 6.45) is 2.95. The fourth-order valence-corrected chi connectivity index (χ4v) is 1.60.